The summed E-state index contributed by atoms with van der Waals surface area (Å²) in [5, 5.41) is 27.2. The molecule has 9 heteroatoms. The van der Waals surface area contributed by atoms with Crippen LogP contribution in [0.3, 0.4) is 0 Å². The summed E-state index contributed by atoms with van der Waals surface area (Å²) < 4.78 is 0. The van der Waals surface area contributed by atoms with Crippen LogP contribution in [-0.4, -0.2) is 15.6 Å². The van der Waals surface area contributed by atoms with Crippen molar-refractivity contribution in [1.82, 2.24) is 0 Å². The Balaban J connectivity index is 1.72. The van der Waals surface area contributed by atoms with Gasteiger partial charge in [0.25, 0.3) is 5.69 Å². The molecule has 1 aliphatic carbocycles. The van der Waals surface area contributed by atoms with Gasteiger partial charge < -0.3 is 0 Å². The topological polar surface area (TPSA) is 111 Å². The monoisotopic (exact) mass is 448 g/mol. The zero-order chi connectivity index (χ0) is 22.7. The van der Waals surface area contributed by atoms with Gasteiger partial charge in [-0.25, -0.2) is 0 Å². The van der Waals surface area contributed by atoms with E-state index in [1.165, 1.54) is 12.1 Å². The van der Waals surface area contributed by atoms with Crippen LogP contribution in [0.1, 0.15) is 23.5 Å². The van der Waals surface area contributed by atoms with Crippen molar-refractivity contribution < 1.29 is 9.85 Å². The summed E-state index contributed by atoms with van der Waals surface area (Å²) >= 11 is 6.74. The van der Waals surface area contributed by atoms with Gasteiger partial charge >= 0.3 is 5.69 Å². The minimum Gasteiger partial charge on any atom is -0.271 e. The van der Waals surface area contributed by atoms with E-state index in [4.69, 9.17) is 11.6 Å². The summed E-state index contributed by atoms with van der Waals surface area (Å²) in [7, 11) is 0. The van der Waals surface area contributed by atoms with Crippen molar-refractivity contribution in [1.29, 1.82) is 0 Å². The second-order valence-corrected chi connectivity index (χ2v) is 7.53. The average molecular weight is 449 g/mol. The fraction of sp³-hybridized carbons (Fsp3) is 0.0870. The molecule has 0 aromatic heterocycles. The predicted octanol–water partition coefficient (Wildman–Crippen LogP) is 6.11. The number of non-ortho nitro benzene ring substituents is 1. The number of nitrogens with one attached hydrogen (secondary N) is 1. The maximum Gasteiger partial charge on any atom is 0.301 e. The first-order valence-corrected chi connectivity index (χ1v) is 10.1. The standard InChI is InChI=1S/C23H17ClN4O4/c24-23-20(26-25-19-12-11-17(27(29)30)13-21(19)28(31)32)14-18(15-7-3-1-4-8-15)22(23)16-9-5-2-6-10-16/h1-13,18,25H,14H2/b26-20-. The van der Waals surface area contributed by atoms with Crippen LogP contribution in [-0.2, 0) is 0 Å². The number of anilines is 1. The lowest BCUT2D eigenvalue weighted by Gasteiger charge is -2.15. The molecule has 0 amide bonds. The lowest BCUT2D eigenvalue weighted by Crippen LogP contribution is -2.03. The van der Waals surface area contributed by atoms with Gasteiger partial charge in [0, 0.05) is 18.4 Å². The van der Waals surface area contributed by atoms with Crippen molar-refractivity contribution in [3.05, 3.63) is 115 Å². The number of rotatable bonds is 6. The van der Waals surface area contributed by atoms with E-state index in [0.29, 0.717) is 17.2 Å². The molecule has 4 rings (SSSR count). The van der Waals surface area contributed by atoms with Crippen LogP contribution in [0, 0.1) is 20.2 Å². The van der Waals surface area contributed by atoms with Crippen molar-refractivity contribution >= 4 is 39.9 Å². The second-order valence-electron chi connectivity index (χ2n) is 7.15. The zero-order valence-corrected chi connectivity index (χ0v) is 17.4. The first kappa shape index (κ1) is 21.2. The van der Waals surface area contributed by atoms with Gasteiger partial charge in [-0.1, -0.05) is 72.3 Å². The van der Waals surface area contributed by atoms with Gasteiger partial charge in [0.15, 0.2) is 0 Å². The van der Waals surface area contributed by atoms with Gasteiger partial charge in [-0.15, -0.1) is 0 Å². The predicted molar refractivity (Wildman–Crippen MR) is 124 cm³/mol. The molecule has 3 aromatic rings. The number of nitro groups is 2. The fourth-order valence-electron chi connectivity index (χ4n) is 3.71. The average Bonchev–Trinajstić information content (AvgIpc) is 3.14. The maximum atomic E-state index is 11.4. The Kier molecular flexibility index (Phi) is 5.96. The van der Waals surface area contributed by atoms with E-state index in [1.807, 2.05) is 60.7 Å². The molecule has 0 bridgehead atoms. The fourth-order valence-corrected chi connectivity index (χ4v) is 4.07. The molecule has 160 valence electrons. The van der Waals surface area contributed by atoms with E-state index in [9.17, 15) is 20.2 Å². The maximum absolute atomic E-state index is 11.4. The molecule has 0 saturated heterocycles. The Morgan fingerprint density at radius 1 is 0.906 bits per heavy atom. The smallest absolute Gasteiger partial charge is 0.271 e. The number of benzene rings is 3. The highest BCUT2D eigenvalue weighted by molar-refractivity contribution is 6.48. The third-order valence-corrected chi connectivity index (χ3v) is 5.64. The van der Waals surface area contributed by atoms with Crippen molar-refractivity contribution in [3.8, 4) is 0 Å². The molecule has 3 aromatic carbocycles. The van der Waals surface area contributed by atoms with Crippen LogP contribution in [0.25, 0.3) is 5.57 Å². The summed E-state index contributed by atoms with van der Waals surface area (Å²) in [4.78, 5) is 21.0. The highest BCUT2D eigenvalue weighted by Gasteiger charge is 2.32. The molecule has 0 spiro atoms. The Hall–Kier alpha value is -4.04. The largest absolute Gasteiger partial charge is 0.301 e. The lowest BCUT2D eigenvalue weighted by molar-refractivity contribution is -0.393. The second kappa shape index (κ2) is 8.99. The van der Waals surface area contributed by atoms with E-state index in [-0.39, 0.29) is 17.3 Å². The van der Waals surface area contributed by atoms with Crippen molar-refractivity contribution in [2.45, 2.75) is 12.3 Å². The molecule has 1 unspecified atom stereocenters. The highest BCUT2D eigenvalue weighted by Crippen LogP contribution is 2.45. The molecule has 0 aliphatic heterocycles. The lowest BCUT2D eigenvalue weighted by atomic mass is 9.88. The molecule has 8 nitrogen and oxygen atoms in total. The van der Waals surface area contributed by atoms with Gasteiger partial charge in [0.2, 0.25) is 0 Å². The van der Waals surface area contributed by atoms with Gasteiger partial charge in [-0.3, -0.25) is 25.7 Å². The van der Waals surface area contributed by atoms with Crippen LogP contribution in [0.2, 0.25) is 0 Å². The van der Waals surface area contributed by atoms with Gasteiger partial charge in [0.1, 0.15) is 5.69 Å². The van der Waals surface area contributed by atoms with Gasteiger partial charge in [-0.2, -0.15) is 5.10 Å². The molecule has 1 N–H and O–H groups in total. The summed E-state index contributed by atoms with van der Waals surface area (Å²) in [6.07, 6.45) is 0.501. The van der Waals surface area contributed by atoms with Crippen LogP contribution in [0.15, 0.2) is 89.0 Å². The number of hydrogen-bond donors (Lipinski definition) is 1. The van der Waals surface area contributed by atoms with Crippen molar-refractivity contribution in [2.24, 2.45) is 5.10 Å². The first-order valence-electron chi connectivity index (χ1n) is 9.71. The van der Waals surface area contributed by atoms with Crippen LogP contribution in [0.5, 0.6) is 0 Å². The number of nitrogens with zero attached hydrogens (tertiary/aromatic N) is 3. The minimum absolute atomic E-state index is 0.0292. The van der Waals surface area contributed by atoms with Crippen LogP contribution >= 0.6 is 11.6 Å². The normalized spacial score (nSPS) is 16.9. The summed E-state index contributed by atoms with van der Waals surface area (Å²) in [5.41, 5.74) is 5.44. The molecule has 0 fully saturated rings. The summed E-state index contributed by atoms with van der Waals surface area (Å²) in [6, 6.07) is 23.0. The molecule has 1 atom stereocenters. The Morgan fingerprint density at radius 2 is 1.56 bits per heavy atom. The number of allylic oxidation sites excluding steroid dienone is 2. The Bertz CT molecular complexity index is 1240. The van der Waals surface area contributed by atoms with E-state index < -0.39 is 15.5 Å². The quantitative estimate of drug-likeness (QED) is 0.361. The molecule has 32 heavy (non-hydrogen) atoms. The van der Waals surface area contributed by atoms with Crippen molar-refractivity contribution in [3.63, 3.8) is 0 Å². The summed E-state index contributed by atoms with van der Waals surface area (Å²) in [6.45, 7) is 0. The number of nitro benzene ring substituents is 2. The molecule has 0 heterocycles. The number of hydrazone groups is 1. The Labute approximate surface area is 188 Å². The molecule has 1 aliphatic rings. The van der Waals surface area contributed by atoms with Crippen LogP contribution < -0.4 is 5.43 Å². The van der Waals surface area contributed by atoms with Gasteiger partial charge in [0.05, 0.1) is 26.7 Å². The molecular formula is C23H17ClN4O4. The first-order chi connectivity index (χ1) is 15.5. The van der Waals surface area contributed by atoms with E-state index >= 15 is 0 Å². The molecule has 0 radical (unpaired) electrons. The van der Waals surface area contributed by atoms with E-state index in [2.05, 4.69) is 10.5 Å². The van der Waals surface area contributed by atoms with Crippen molar-refractivity contribution in [2.75, 3.05) is 5.43 Å². The minimum atomic E-state index is -0.691. The number of hydrogen-bond acceptors (Lipinski definition) is 6. The third kappa shape index (κ3) is 4.21. The van der Waals surface area contributed by atoms with Crippen LogP contribution in [0.4, 0.5) is 17.1 Å². The molecular weight excluding hydrogens is 432 g/mol. The zero-order valence-electron chi connectivity index (χ0n) is 16.6. The van der Waals surface area contributed by atoms with E-state index in [0.717, 1.165) is 22.8 Å². The third-order valence-electron chi connectivity index (χ3n) is 5.22. The number of halogens is 1. The Morgan fingerprint density at radius 3 is 2.19 bits per heavy atom. The highest BCUT2D eigenvalue weighted by atomic mass is 35.5. The van der Waals surface area contributed by atoms with Gasteiger partial charge in [-0.05, 0) is 22.8 Å². The van der Waals surface area contributed by atoms with E-state index in [1.54, 1.807) is 0 Å². The molecule has 0 saturated carbocycles. The SMILES string of the molecule is O=[N+]([O-])c1ccc(N/N=C2/CC(c3ccccc3)C(c3ccccc3)=C2Cl)c([N+](=O)[O-])c1. The summed E-state index contributed by atoms with van der Waals surface area (Å²) in [5.74, 6) is -0.0292.